The Labute approximate surface area is 205 Å². The fourth-order valence-corrected chi connectivity index (χ4v) is 4.63. The second kappa shape index (κ2) is 12.4. The van der Waals surface area contributed by atoms with E-state index in [1.807, 2.05) is 82.3 Å². The first-order valence-corrected chi connectivity index (χ1v) is 12.6. The molecule has 1 heterocycles. The van der Waals surface area contributed by atoms with E-state index in [4.69, 9.17) is 9.72 Å². The van der Waals surface area contributed by atoms with Crippen molar-refractivity contribution in [1.82, 2.24) is 9.55 Å². The third kappa shape index (κ3) is 6.73. The number of hydrogen-bond acceptors (Lipinski definition) is 6. The molecule has 0 radical (unpaired) electrons. The number of carbonyl (C=O) groups excluding carboxylic acids is 1. The van der Waals surface area contributed by atoms with Gasteiger partial charge in [0.05, 0.1) is 12.3 Å². The van der Waals surface area contributed by atoms with Crippen LogP contribution in [0, 0.1) is 5.92 Å². The van der Waals surface area contributed by atoms with Crippen LogP contribution in [-0.4, -0.2) is 33.9 Å². The predicted molar refractivity (Wildman–Crippen MR) is 139 cm³/mol. The van der Waals surface area contributed by atoms with E-state index in [1.54, 1.807) is 10.6 Å². The molecule has 2 aromatic carbocycles. The molecule has 34 heavy (non-hydrogen) atoms. The van der Waals surface area contributed by atoms with Gasteiger partial charge >= 0.3 is 5.97 Å². The van der Waals surface area contributed by atoms with Crippen LogP contribution in [0.2, 0.25) is 0 Å². The number of esters is 1. The standard InChI is InChI=1S/C27H33N3O3S/c1-5-24-29-23(20-10-8-7-9-11-20)18-25(31)30(24)17-16-28-21-12-14-22(15-13-21)34-26(19(3)4)27(32)33-6-2/h7-15,18-19,26,28H,5-6,16-17H2,1-4H3/t26-/m0/s1. The lowest BCUT2D eigenvalue weighted by molar-refractivity contribution is -0.143. The molecule has 3 aromatic rings. The molecule has 3 rings (SSSR count). The zero-order chi connectivity index (χ0) is 24.5. The topological polar surface area (TPSA) is 73.2 Å². The molecule has 1 atom stereocenters. The van der Waals surface area contributed by atoms with Crippen molar-refractivity contribution in [2.75, 3.05) is 18.5 Å². The number of aromatic nitrogens is 2. The fourth-order valence-electron chi connectivity index (χ4n) is 3.61. The first-order chi connectivity index (χ1) is 16.4. The molecule has 0 unspecified atom stereocenters. The molecule has 0 spiro atoms. The van der Waals surface area contributed by atoms with Crippen molar-refractivity contribution in [3.05, 3.63) is 76.8 Å². The lowest BCUT2D eigenvalue weighted by atomic mass is 10.1. The minimum Gasteiger partial charge on any atom is -0.465 e. The summed E-state index contributed by atoms with van der Waals surface area (Å²) in [5, 5.41) is 3.14. The van der Waals surface area contributed by atoms with E-state index in [2.05, 4.69) is 5.32 Å². The normalized spacial score (nSPS) is 11.9. The number of carbonyl (C=O) groups is 1. The van der Waals surface area contributed by atoms with Crippen molar-refractivity contribution in [3.63, 3.8) is 0 Å². The van der Waals surface area contributed by atoms with Gasteiger partial charge in [0, 0.05) is 41.7 Å². The Morgan fingerprint density at radius 2 is 1.79 bits per heavy atom. The molecule has 0 amide bonds. The highest BCUT2D eigenvalue weighted by Crippen LogP contribution is 2.30. The Hall–Kier alpha value is -3.06. The molecule has 0 saturated heterocycles. The molecule has 0 fully saturated rings. The first-order valence-electron chi connectivity index (χ1n) is 11.8. The van der Waals surface area contributed by atoms with Gasteiger partial charge in [-0.2, -0.15) is 0 Å². The van der Waals surface area contributed by atoms with Crippen LogP contribution in [-0.2, 0) is 22.5 Å². The van der Waals surface area contributed by atoms with E-state index in [0.29, 0.717) is 31.8 Å². The number of thioether (sulfide) groups is 1. The van der Waals surface area contributed by atoms with E-state index >= 15 is 0 Å². The summed E-state index contributed by atoms with van der Waals surface area (Å²) < 4.78 is 6.94. The Balaban J connectivity index is 1.62. The predicted octanol–water partition coefficient (Wildman–Crippen LogP) is 5.26. The van der Waals surface area contributed by atoms with Crippen LogP contribution in [0.1, 0.15) is 33.5 Å². The summed E-state index contributed by atoms with van der Waals surface area (Å²) in [6.07, 6.45) is 0.680. The van der Waals surface area contributed by atoms with Crippen molar-refractivity contribution >= 4 is 23.4 Å². The SMILES string of the molecule is CCOC(=O)[C@@H](Sc1ccc(NCCn2c(CC)nc(-c3ccccc3)cc2=O)cc1)C(C)C. The molecule has 0 aliphatic carbocycles. The van der Waals surface area contributed by atoms with Crippen LogP contribution < -0.4 is 10.9 Å². The van der Waals surface area contributed by atoms with Crippen molar-refractivity contribution in [3.8, 4) is 11.3 Å². The highest BCUT2D eigenvalue weighted by molar-refractivity contribution is 8.00. The number of hydrogen-bond donors (Lipinski definition) is 1. The molecule has 0 saturated carbocycles. The van der Waals surface area contributed by atoms with Crippen LogP contribution in [0.3, 0.4) is 0 Å². The Bertz CT molecular complexity index is 1130. The average Bonchev–Trinajstić information content (AvgIpc) is 2.84. The molecule has 0 aliphatic rings. The van der Waals surface area contributed by atoms with E-state index in [1.165, 1.54) is 11.8 Å². The van der Waals surface area contributed by atoms with Gasteiger partial charge in [0.1, 0.15) is 11.1 Å². The highest BCUT2D eigenvalue weighted by atomic mass is 32.2. The summed E-state index contributed by atoms with van der Waals surface area (Å²) in [6, 6.07) is 19.4. The Kier molecular flexibility index (Phi) is 9.33. The lowest BCUT2D eigenvalue weighted by Crippen LogP contribution is -2.27. The summed E-state index contributed by atoms with van der Waals surface area (Å²) >= 11 is 1.52. The maximum atomic E-state index is 12.8. The second-order valence-electron chi connectivity index (χ2n) is 8.25. The van der Waals surface area contributed by atoms with Crippen LogP contribution in [0.25, 0.3) is 11.3 Å². The molecule has 1 N–H and O–H groups in total. The van der Waals surface area contributed by atoms with Gasteiger partial charge in [-0.05, 0) is 37.1 Å². The molecule has 0 bridgehead atoms. The van der Waals surface area contributed by atoms with Gasteiger partial charge in [-0.25, -0.2) is 4.98 Å². The van der Waals surface area contributed by atoms with Gasteiger partial charge in [0.25, 0.3) is 5.56 Å². The van der Waals surface area contributed by atoms with E-state index in [-0.39, 0.29) is 22.7 Å². The molecule has 0 aliphatic heterocycles. The van der Waals surface area contributed by atoms with E-state index in [9.17, 15) is 9.59 Å². The molecule has 6 nitrogen and oxygen atoms in total. The van der Waals surface area contributed by atoms with Crippen molar-refractivity contribution in [1.29, 1.82) is 0 Å². The number of nitrogens with one attached hydrogen (secondary N) is 1. The van der Waals surface area contributed by atoms with Gasteiger partial charge in [0.15, 0.2) is 0 Å². The zero-order valence-electron chi connectivity index (χ0n) is 20.3. The minimum atomic E-state index is -0.232. The third-order valence-electron chi connectivity index (χ3n) is 5.38. The quantitative estimate of drug-likeness (QED) is 0.299. The lowest BCUT2D eigenvalue weighted by Gasteiger charge is -2.18. The van der Waals surface area contributed by atoms with Gasteiger partial charge in [-0.1, -0.05) is 51.1 Å². The smallest absolute Gasteiger partial charge is 0.319 e. The maximum absolute atomic E-state index is 12.8. The maximum Gasteiger partial charge on any atom is 0.319 e. The number of benzene rings is 2. The number of nitrogens with zero attached hydrogens (tertiary/aromatic N) is 2. The largest absolute Gasteiger partial charge is 0.465 e. The van der Waals surface area contributed by atoms with Crippen LogP contribution in [0.15, 0.2) is 70.4 Å². The Morgan fingerprint density at radius 3 is 2.41 bits per heavy atom. The van der Waals surface area contributed by atoms with Crippen LogP contribution in [0.5, 0.6) is 0 Å². The van der Waals surface area contributed by atoms with Gasteiger partial charge in [-0.15, -0.1) is 11.8 Å². The molecule has 1 aromatic heterocycles. The fraction of sp³-hybridized carbons (Fsp3) is 0.370. The van der Waals surface area contributed by atoms with Gasteiger partial charge in [-0.3, -0.25) is 14.2 Å². The molecule has 7 heteroatoms. The number of rotatable bonds is 11. The first kappa shape index (κ1) is 25.6. The molecular weight excluding hydrogens is 446 g/mol. The van der Waals surface area contributed by atoms with Crippen molar-refractivity contribution in [2.24, 2.45) is 5.92 Å². The summed E-state index contributed by atoms with van der Waals surface area (Å²) in [6.45, 7) is 9.40. The second-order valence-corrected chi connectivity index (χ2v) is 9.47. The summed E-state index contributed by atoms with van der Waals surface area (Å²) in [4.78, 5) is 30.8. The van der Waals surface area contributed by atoms with Gasteiger partial charge in [0.2, 0.25) is 0 Å². The highest BCUT2D eigenvalue weighted by Gasteiger charge is 2.24. The summed E-state index contributed by atoms with van der Waals surface area (Å²) in [7, 11) is 0. The molecule has 180 valence electrons. The summed E-state index contributed by atoms with van der Waals surface area (Å²) in [5.74, 6) is 0.780. The molecular formula is C27H33N3O3S. The monoisotopic (exact) mass is 479 g/mol. The Morgan fingerprint density at radius 1 is 1.09 bits per heavy atom. The van der Waals surface area contributed by atoms with Crippen molar-refractivity contribution in [2.45, 2.75) is 50.8 Å². The van der Waals surface area contributed by atoms with Crippen LogP contribution >= 0.6 is 11.8 Å². The number of anilines is 1. The van der Waals surface area contributed by atoms with Crippen LogP contribution in [0.4, 0.5) is 5.69 Å². The zero-order valence-corrected chi connectivity index (χ0v) is 21.1. The van der Waals surface area contributed by atoms with Crippen molar-refractivity contribution < 1.29 is 9.53 Å². The summed E-state index contributed by atoms with van der Waals surface area (Å²) in [5.41, 5.74) is 2.57. The minimum absolute atomic E-state index is 0.0436. The number of aryl methyl sites for hydroxylation is 1. The van der Waals surface area contributed by atoms with Gasteiger partial charge < -0.3 is 10.1 Å². The van der Waals surface area contributed by atoms with E-state index in [0.717, 1.165) is 22.0 Å². The van der Waals surface area contributed by atoms with E-state index < -0.39 is 0 Å². The third-order valence-corrected chi connectivity index (χ3v) is 6.91. The average molecular weight is 480 g/mol. The number of ether oxygens (including phenoxy) is 1.